The second-order valence-electron chi connectivity index (χ2n) is 4.95. The molecule has 26 heavy (non-hydrogen) atoms. The molecule has 0 aromatic heterocycles. The van der Waals surface area contributed by atoms with E-state index >= 15 is 0 Å². The number of benzene rings is 1. The quantitative estimate of drug-likeness (QED) is 0.345. The van der Waals surface area contributed by atoms with Crippen LogP contribution >= 0.6 is 0 Å². The first-order valence-corrected chi connectivity index (χ1v) is 9.25. The van der Waals surface area contributed by atoms with E-state index in [1.54, 1.807) is 0 Å². The molecule has 1 aromatic rings. The standard InChI is InChI=1S/C12H14O10S2.2Na.2H/c1-5(23(17,18)19)7-3-10(12(15)16)8(4-9(7)11(13)14)6(2)24(20,21)22;;;;/h3-6H,1-2H3,(H,13,14)(H,15,16)(H,17,18,19)(H,20,21,22);;;;. The molecule has 10 nitrogen and oxygen atoms in total. The van der Waals surface area contributed by atoms with Gasteiger partial charge in [0, 0.05) is 0 Å². The van der Waals surface area contributed by atoms with Crippen LogP contribution in [-0.2, 0) is 20.2 Å². The Hall–Kier alpha value is -0.0200. The molecule has 0 amide bonds. The van der Waals surface area contributed by atoms with E-state index in [-0.39, 0.29) is 59.1 Å². The Kier molecular flexibility index (Phi) is 10.8. The van der Waals surface area contributed by atoms with Crippen molar-refractivity contribution in [3.05, 3.63) is 34.4 Å². The summed E-state index contributed by atoms with van der Waals surface area (Å²) >= 11 is 0. The molecule has 1 rings (SSSR count). The Labute approximate surface area is 194 Å². The van der Waals surface area contributed by atoms with Crippen LogP contribution in [0.4, 0.5) is 0 Å². The number of hydrogen-bond donors (Lipinski definition) is 4. The molecule has 4 N–H and O–H groups in total. The second kappa shape index (κ2) is 9.96. The maximum atomic E-state index is 11.3. The number of aromatic carboxylic acids is 2. The van der Waals surface area contributed by atoms with Gasteiger partial charge in [0.15, 0.2) is 0 Å². The molecule has 0 saturated carbocycles. The van der Waals surface area contributed by atoms with E-state index in [2.05, 4.69) is 0 Å². The van der Waals surface area contributed by atoms with Gasteiger partial charge in [0.25, 0.3) is 20.2 Å². The SMILES string of the molecule is CC(c1cc(C(=O)O)c(C(C)S(=O)(=O)O)cc1C(=O)O)S(=O)(=O)O.[NaH].[NaH]. The second-order valence-corrected chi connectivity index (χ2v) is 8.43. The molecule has 0 aliphatic rings. The van der Waals surface area contributed by atoms with Crippen LogP contribution in [0.1, 0.15) is 56.2 Å². The number of carboxylic acid groups (broad SMARTS) is 2. The molecule has 0 aliphatic heterocycles. The number of carbonyl (C=O) groups is 2. The molecule has 0 fully saturated rings. The van der Waals surface area contributed by atoms with Gasteiger partial charge in [0.05, 0.1) is 11.1 Å². The van der Waals surface area contributed by atoms with E-state index < -0.39 is 64.9 Å². The molecule has 14 heteroatoms. The molecule has 0 aliphatic carbocycles. The summed E-state index contributed by atoms with van der Waals surface area (Å²) in [5.74, 6) is -3.33. The zero-order chi connectivity index (χ0) is 19.0. The minimum atomic E-state index is -4.74. The Bertz CT molecular complexity index is 832. The third-order valence-corrected chi connectivity index (χ3v) is 5.75. The summed E-state index contributed by atoms with van der Waals surface area (Å²) in [5, 5.41) is 14.8. The van der Waals surface area contributed by atoms with E-state index in [9.17, 15) is 36.6 Å². The molecule has 2 unspecified atom stereocenters. The normalized spacial score (nSPS) is 13.7. The molecule has 0 spiro atoms. The first kappa shape index (κ1) is 28.2. The Balaban J connectivity index is 0. The van der Waals surface area contributed by atoms with Crippen LogP contribution in [0.5, 0.6) is 0 Å². The third kappa shape index (κ3) is 6.55. The van der Waals surface area contributed by atoms with Crippen LogP contribution in [0.3, 0.4) is 0 Å². The van der Waals surface area contributed by atoms with Gasteiger partial charge in [-0.2, -0.15) is 16.8 Å². The van der Waals surface area contributed by atoms with Crippen molar-refractivity contribution >= 4 is 91.3 Å². The average Bonchev–Trinajstić information content (AvgIpc) is 2.41. The van der Waals surface area contributed by atoms with Gasteiger partial charge in [-0.15, -0.1) is 0 Å². The summed E-state index contributed by atoms with van der Waals surface area (Å²) in [5.41, 5.74) is -2.49. The first-order valence-electron chi connectivity index (χ1n) is 6.25. The maximum absolute atomic E-state index is 11.3. The van der Waals surface area contributed by atoms with Crippen LogP contribution in [0.25, 0.3) is 0 Å². The summed E-state index contributed by atoms with van der Waals surface area (Å²) in [7, 11) is -9.48. The molecule has 0 bridgehead atoms. The van der Waals surface area contributed by atoms with E-state index in [0.29, 0.717) is 12.1 Å². The molecule has 0 heterocycles. The Morgan fingerprint density at radius 1 is 0.769 bits per heavy atom. The van der Waals surface area contributed by atoms with Gasteiger partial charge >= 0.3 is 71.1 Å². The van der Waals surface area contributed by atoms with Crippen molar-refractivity contribution in [1.29, 1.82) is 0 Å². The predicted octanol–water partition coefficient (Wildman–Crippen LogP) is -0.316. The third-order valence-electron chi connectivity index (χ3n) is 3.45. The van der Waals surface area contributed by atoms with Crippen molar-refractivity contribution in [2.75, 3.05) is 0 Å². The van der Waals surface area contributed by atoms with E-state index in [1.165, 1.54) is 0 Å². The molecule has 0 radical (unpaired) electrons. The summed E-state index contributed by atoms with van der Waals surface area (Å²) in [4.78, 5) is 22.6. The zero-order valence-electron chi connectivity index (χ0n) is 12.4. The van der Waals surface area contributed by atoms with Gasteiger partial charge in [-0.25, -0.2) is 9.59 Å². The van der Waals surface area contributed by atoms with Gasteiger partial charge in [-0.05, 0) is 37.1 Å². The molecule has 138 valence electrons. The van der Waals surface area contributed by atoms with Gasteiger partial charge in [-0.1, -0.05) is 0 Å². The van der Waals surface area contributed by atoms with Crippen molar-refractivity contribution < 1.29 is 45.7 Å². The minimum absolute atomic E-state index is 0. The fourth-order valence-corrected chi connectivity index (χ4v) is 3.03. The number of hydrogen-bond acceptors (Lipinski definition) is 6. The summed E-state index contributed by atoms with van der Waals surface area (Å²) in [6, 6.07) is 1.31. The van der Waals surface area contributed by atoms with Gasteiger partial charge in [-0.3, -0.25) is 9.11 Å². The fraction of sp³-hybridized carbons (Fsp3) is 0.333. The van der Waals surface area contributed by atoms with Gasteiger partial charge < -0.3 is 10.2 Å². The zero-order valence-corrected chi connectivity index (χ0v) is 14.0. The predicted molar refractivity (Wildman–Crippen MR) is 94.6 cm³/mol. The average molecular weight is 430 g/mol. The van der Waals surface area contributed by atoms with Crippen LogP contribution < -0.4 is 0 Å². The number of carboxylic acids is 2. The summed E-state index contributed by atoms with van der Waals surface area (Å²) < 4.78 is 63.1. The topological polar surface area (TPSA) is 183 Å². The van der Waals surface area contributed by atoms with Crippen LogP contribution in [0.15, 0.2) is 12.1 Å². The first-order chi connectivity index (χ1) is 10.7. The molecule has 0 saturated heterocycles. The molecule has 2 atom stereocenters. The van der Waals surface area contributed by atoms with Crippen molar-refractivity contribution in [2.24, 2.45) is 0 Å². The van der Waals surface area contributed by atoms with E-state index in [4.69, 9.17) is 9.11 Å². The molecular formula is C12H16Na2O10S2. The van der Waals surface area contributed by atoms with Gasteiger partial charge in [0.2, 0.25) is 0 Å². The van der Waals surface area contributed by atoms with E-state index in [1.807, 2.05) is 0 Å². The molecule has 1 aromatic carbocycles. The summed E-state index contributed by atoms with van der Waals surface area (Å²) in [6.07, 6.45) is 0. The van der Waals surface area contributed by atoms with Crippen molar-refractivity contribution in [3.63, 3.8) is 0 Å². The number of rotatable bonds is 6. The monoisotopic (exact) mass is 430 g/mol. The van der Waals surface area contributed by atoms with Crippen LogP contribution in [0.2, 0.25) is 0 Å². The van der Waals surface area contributed by atoms with Crippen molar-refractivity contribution in [3.8, 4) is 0 Å². The van der Waals surface area contributed by atoms with Crippen LogP contribution in [-0.4, -0.2) is 107 Å². The molecular weight excluding hydrogens is 414 g/mol. The van der Waals surface area contributed by atoms with Crippen molar-refractivity contribution in [2.45, 2.75) is 24.3 Å². The Morgan fingerprint density at radius 3 is 1.15 bits per heavy atom. The van der Waals surface area contributed by atoms with Crippen LogP contribution in [0, 0.1) is 0 Å². The van der Waals surface area contributed by atoms with Gasteiger partial charge in [0.1, 0.15) is 10.5 Å². The fourth-order valence-electron chi connectivity index (χ4n) is 2.00. The van der Waals surface area contributed by atoms with Crippen molar-refractivity contribution in [1.82, 2.24) is 0 Å². The summed E-state index contributed by atoms with van der Waals surface area (Å²) in [6.45, 7) is 1.88. The Morgan fingerprint density at radius 2 is 1.00 bits per heavy atom. The van der Waals surface area contributed by atoms with E-state index in [0.717, 1.165) is 13.8 Å².